The largest absolute Gasteiger partial charge is 0.350 e. The van der Waals surface area contributed by atoms with E-state index in [9.17, 15) is 0 Å². The van der Waals surface area contributed by atoms with Crippen LogP contribution in [0.5, 0.6) is 0 Å². The summed E-state index contributed by atoms with van der Waals surface area (Å²) in [5, 5.41) is 3.16. The highest BCUT2D eigenvalue weighted by Gasteiger charge is 1.95. The number of aliphatic imine (C=N–C) groups is 1. The smallest absolute Gasteiger partial charge is 0.104 e. The summed E-state index contributed by atoms with van der Waals surface area (Å²) in [7, 11) is 0. The molecular formula is C13H14N2. The molecule has 0 spiro atoms. The molecule has 0 atom stereocenters. The van der Waals surface area contributed by atoms with E-state index in [2.05, 4.69) is 28.5 Å². The van der Waals surface area contributed by atoms with E-state index in [1.54, 1.807) is 0 Å². The average molecular weight is 198 g/mol. The molecule has 0 radical (unpaired) electrons. The quantitative estimate of drug-likeness (QED) is 0.776. The number of hydrogen-bond donors (Lipinski definition) is 1. The van der Waals surface area contributed by atoms with E-state index in [0.717, 1.165) is 18.8 Å². The molecule has 0 saturated carbocycles. The van der Waals surface area contributed by atoms with Crippen molar-refractivity contribution in [2.24, 2.45) is 4.99 Å². The molecule has 0 bridgehead atoms. The van der Waals surface area contributed by atoms with Gasteiger partial charge in [-0.1, -0.05) is 42.5 Å². The van der Waals surface area contributed by atoms with Crippen LogP contribution in [0, 0.1) is 0 Å². The minimum Gasteiger partial charge on any atom is -0.350 e. The number of nitrogens with one attached hydrogen (secondary N) is 1. The van der Waals surface area contributed by atoms with Gasteiger partial charge < -0.3 is 5.32 Å². The van der Waals surface area contributed by atoms with Crippen molar-refractivity contribution >= 4 is 5.84 Å². The molecule has 0 aliphatic carbocycles. The third kappa shape index (κ3) is 3.09. The fraction of sp³-hybridized carbons (Fsp3) is 0.154. The molecule has 2 nitrogen and oxygen atoms in total. The highest BCUT2D eigenvalue weighted by molar-refractivity contribution is 5.84. The van der Waals surface area contributed by atoms with Gasteiger partial charge in [0.1, 0.15) is 5.84 Å². The second-order valence-corrected chi connectivity index (χ2v) is 3.38. The Hall–Kier alpha value is -1.83. The SMILES string of the molecule is C1=CCC(=NCc2ccccc2)NC=C1. The fourth-order valence-corrected chi connectivity index (χ4v) is 1.40. The normalized spacial score (nSPS) is 17.5. The Labute approximate surface area is 90.0 Å². The lowest BCUT2D eigenvalue weighted by Crippen LogP contribution is -2.15. The molecule has 0 amide bonds. The molecule has 1 aromatic rings. The van der Waals surface area contributed by atoms with Crippen LogP contribution in [0.15, 0.2) is 59.8 Å². The van der Waals surface area contributed by atoms with Gasteiger partial charge in [-0.3, -0.25) is 4.99 Å². The van der Waals surface area contributed by atoms with E-state index in [-0.39, 0.29) is 0 Å². The first-order valence-electron chi connectivity index (χ1n) is 5.10. The zero-order chi connectivity index (χ0) is 10.3. The summed E-state index contributed by atoms with van der Waals surface area (Å²) >= 11 is 0. The van der Waals surface area contributed by atoms with Crippen molar-refractivity contribution in [3.8, 4) is 0 Å². The van der Waals surface area contributed by atoms with Crippen molar-refractivity contribution in [3.63, 3.8) is 0 Å². The van der Waals surface area contributed by atoms with Gasteiger partial charge in [-0.05, 0) is 11.6 Å². The number of nitrogens with zero attached hydrogens (tertiary/aromatic N) is 1. The number of amidine groups is 1. The molecule has 0 unspecified atom stereocenters. The van der Waals surface area contributed by atoms with Gasteiger partial charge in [0.2, 0.25) is 0 Å². The maximum atomic E-state index is 4.52. The van der Waals surface area contributed by atoms with E-state index in [4.69, 9.17) is 0 Å². The molecule has 0 aromatic heterocycles. The Bertz CT molecular complexity index is 372. The number of allylic oxidation sites excluding steroid dienone is 2. The van der Waals surface area contributed by atoms with Crippen molar-refractivity contribution in [1.29, 1.82) is 0 Å². The van der Waals surface area contributed by atoms with Crippen LogP contribution in [0.3, 0.4) is 0 Å². The molecule has 15 heavy (non-hydrogen) atoms. The van der Waals surface area contributed by atoms with Gasteiger partial charge in [0.25, 0.3) is 0 Å². The molecule has 2 heteroatoms. The van der Waals surface area contributed by atoms with Crippen LogP contribution in [0.4, 0.5) is 0 Å². The highest BCUT2D eigenvalue weighted by atomic mass is 15.0. The van der Waals surface area contributed by atoms with Gasteiger partial charge in [-0.2, -0.15) is 0 Å². The molecular weight excluding hydrogens is 184 g/mol. The Morgan fingerprint density at radius 3 is 2.87 bits per heavy atom. The van der Waals surface area contributed by atoms with E-state index < -0.39 is 0 Å². The van der Waals surface area contributed by atoms with Crippen LogP contribution in [0.2, 0.25) is 0 Å². The molecule has 1 aliphatic rings. The van der Waals surface area contributed by atoms with Gasteiger partial charge in [-0.25, -0.2) is 0 Å². The fourth-order valence-electron chi connectivity index (χ4n) is 1.40. The van der Waals surface area contributed by atoms with E-state index in [1.807, 2.05) is 36.6 Å². The number of hydrogen-bond acceptors (Lipinski definition) is 1. The first-order valence-corrected chi connectivity index (χ1v) is 5.10. The van der Waals surface area contributed by atoms with Crippen molar-refractivity contribution < 1.29 is 0 Å². The van der Waals surface area contributed by atoms with Gasteiger partial charge >= 0.3 is 0 Å². The lowest BCUT2D eigenvalue weighted by Gasteiger charge is -2.02. The number of rotatable bonds is 2. The minimum atomic E-state index is 0.741. The maximum absolute atomic E-state index is 4.52. The van der Waals surface area contributed by atoms with Crippen LogP contribution >= 0.6 is 0 Å². The van der Waals surface area contributed by atoms with Crippen LogP contribution in [-0.4, -0.2) is 5.84 Å². The maximum Gasteiger partial charge on any atom is 0.104 e. The third-order valence-corrected chi connectivity index (χ3v) is 2.20. The molecule has 1 aliphatic heterocycles. The van der Waals surface area contributed by atoms with Crippen LogP contribution in [0.25, 0.3) is 0 Å². The van der Waals surface area contributed by atoms with Crippen molar-refractivity contribution in [3.05, 3.63) is 60.3 Å². The van der Waals surface area contributed by atoms with E-state index in [1.165, 1.54) is 5.56 Å². The zero-order valence-electron chi connectivity index (χ0n) is 8.56. The predicted molar refractivity (Wildman–Crippen MR) is 63.6 cm³/mol. The summed E-state index contributed by atoms with van der Waals surface area (Å²) < 4.78 is 0. The van der Waals surface area contributed by atoms with Gasteiger partial charge in [0.05, 0.1) is 6.54 Å². The first-order chi connectivity index (χ1) is 7.45. The first kappa shape index (κ1) is 9.71. The lowest BCUT2D eigenvalue weighted by molar-refractivity contribution is 1.02. The summed E-state index contributed by atoms with van der Waals surface area (Å²) in [6.45, 7) is 0.741. The molecule has 1 heterocycles. The molecule has 0 fully saturated rings. The molecule has 0 saturated heterocycles. The summed E-state index contributed by atoms with van der Waals surface area (Å²) in [4.78, 5) is 4.52. The lowest BCUT2D eigenvalue weighted by atomic mass is 10.2. The third-order valence-electron chi connectivity index (χ3n) is 2.20. The van der Waals surface area contributed by atoms with Gasteiger partial charge in [0, 0.05) is 12.6 Å². The molecule has 1 aromatic carbocycles. The second-order valence-electron chi connectivity index (χ2n) is 3.38. The zero-order valence-corrected chi connectivity index (χ0v) is 8.56. The minimum absolute atomic E-state index is 0.741. The number of benzene rings is 1. The van der Waals surface area contributed by atoms with Crippen LogP contribution in [0.1, 0.15) is 12.0 Å². The Morgan fingerprint density at radius 2 is 2.00 bits per heavy atom. The highest BCUT2D eigenvalue weighted by Crippen LogP contribution is 2.01. The molecule has 2 rings (SSSR count). The standard InChI is InChI=1S/C13H14N2/c1-3-7-12(8-4-1)11-15-13-9-5-2-6-10-14-13/h1-8,10H,9,11H2,(H,14,15). The van der Waals surface area contributed by atoms with Crippen molar-refractivity contribution in [2.45, 2.75) is 13.0 Å². The summed E-state index contributed by atoms with van der Waals surface area (Å²) in [5.41, 5.74) is 1.24. The molecule has 76 valence electrons. The van der Waals surface area contributed by atoms with Gasteiger partial charge in [-0.15, -0.1) is 0 Å². The predicted octanol–water partition coefficient (Wildman–Crippen LogP) is 2.65. The Morgan fingerprint density at radius 1 is 1.13 bits per heavy atom. The average Bonchev–Trinajstić information content (AvgIpc) is 2.56. The topological polar surface area (TPSA) is 24.4 Å². The summed E-state index contributed by atoms with van der Waals surface area (Å²) in [6, 6.07) is 10.3. The van der Waals surface area contributed by atoms with E-state index in [0.29, 0.717) is 0 Å². The molecule has 1 N–H and O–H groups in total. The Balaban J connectivity index is 1.99. The summed E-state index contributed by atoms with van der Waals surface area (Å²) in [5.74, 6) is 1.02. The van der Waals surface area contributed by atoms with Crippen LogP contribution in [-0.2, 0) is 6.54 Å². The van der Waals surface area contributed by atoms with Crippen molar-refractivity contribution in [1.82, 2.24) is 5.32 Å². The van der Waals surface area contributed by atoms with Crippen molar-refractivity contribution in [2.75, 3.05) is 0 Å². The van der Waals surface area contributed by atoms with Gasteiger partial charge in [0.15, 0.2) is 0 Å². The Kier molecular flexibility index (Phi) is 3.34. The van der Waals surface area contributed by atoms with E-state index >= 15 is 0 Å². The second kappa shape index (κ2) is 5.15. The monoisotopic (exact) mass is 198 g/mol. The van der Waals surface area contributed by atoms with Crippen LogP contribution < -0.4 is 5.32 Å². The summed E-state index contributed by atoms with van der Waals surface area (Å²) in [6.07, 6.45) is 8.89.